The smallest absolute Gasteiger partial charge is 0.305 e. The number of rotatable bonds is 7. The summed E-state index contributed by atoms with van der Waals surface area (Å²) in [7, 11) is 0. The maximum absolute atomic E-state index is 11.7. The Labute approximate surface area is 125 Å². The number of carbonyl (C=O) groups excluding carboxylic acids is 1. The molecule has 0 aromatic heterocycles. The van der Waals surface area contributed by atoms with Crippen LogP contribution in [-0.2, 0) is 9.59 Å². The number of carbonyl (C=O) groups is 2. The molecule has 0 saturated heterocycles. The van der Waals surface area contributed by atoms with Gasteiger partial charge in [-0.25, -0.2) is 0 Å². The third-order valence-electron chi connectivity index (χ3n) is 5.11. The van der Waals surface area contributed by atoms with E-state index >= 15 is 0 Å². The van der Waals surface area contributed by atoms with Gasteiger partial charge in [0, 0.05) is 0 Å². The Hall–Kier alpha value is -1.14. The van der Waals surface area contributed by atoms with Gasteiger partial charge >= 0.3 is 5.97 Å². The maximum Gasteiger partial charge on any atom is 0.305 e. The fraction of sp³-hybridized carbons (Fsp3) is 0.867. The number of carboxylic acid groups (broad SMARTS) is 1. The van der Waals surface area contributed by atoms with E-state index in [0.717, 1.165) is 11.8 Å². The van der Waals surface area contributed by atoms with E-state index in [9.17, 15) is 14.7 Å². The summed E-state index contributed by atoms with van der Waals surface area (Å²) >= 11 is 0. The van der Waals surface area contributed by atoms with E-state index in [1.807, 2.05) is 0 Å². The normalized spacial score (nSPS) is 31.7. The lowest BCUT2D eigenvalue weighted by atomic mass is 9.84. The van der Waals surface area contributed by atoms with Crippen molar-refractivity contribution in [1.82, 2.24) is 5.32 Å². The Morgan fingerprint density at radius 3 is 2.57 bits per heavy atom. The molecule has 2 rings (SSSR count). The fourth-order valence-electron chi connectivity index (χ4n) is 3.89. The van der Waals surface area contributed by atoms with E-state index in [4.69, 9.17) is 10.8 Å². The molecule has 0 spiro atoms. The van der Waals surface area contributed by atoms with Crippen LogP contribution in [0.1, 0.15) is 45.4 Å². The second-order valence-electron chi connectivity index (χ2n) is 6.74. The zero-order chi connectivity index (χ0) is 15.6. The number of aliphatic carboxylic acids is 1. The summed E-state index contributed by atoms with van der Waals surface area (Å²) in [4.78, 5) is 22.3. The van der Waals surface area contributed by atoms with Crippen LogP contribution in [0.2, 0.25) is 0 Å². The molecule has 0 aliphatic heterocycles. The lowest BCUT2D eigenvalue weighted by molar-refractivity contribution is -0.139. The summed E-state index contributed by atoms with van der Waals surface area (Å²) in [5.41, 5.74) is 5.51. The van der Waals surface area contributed by atoms with Crippen LogP contribution >= 0.6 is 0 Å². The standard InChI is InChI=1S/C15H26N2O4/c1-8(17-15(21)12(16)7-14(19)20)13(18)6-11-5-9-2-3-10(11)4-9/h8-13,18H,2-7,16H2,1H3,(H,17,21)(H,19,20)/t8?,9?,10?,11?,12-,13?/m0/s1. The highest BCUT2D eigenvalue weighted by molar-refractivity contribution is 5.86. The summed E-state index contributed by atoms with van der Waals surface area (Å²) in [5.74, 6) is 0.512. The van der Waals surface area contributed by atoms with Crippen LogP contribution in [0.25, 0.3) is 0 Å². The van der Waals surface area contributed by atoms with Crippen LogP contribution in [0.5, 0.6) is 0 Å². The second-order valence-corrected chi connectivity index (χ2v) is 6.74. The van der Waals surface area contributed by atoms with Crippen molar-refractivity contribution in [2.24, 2.45) is 23.5 Å². The van der Waals surface area contributed by atoms with Crippen molar-refractivity contribution >= 4 is 11.9 Å². The zero-order valence-electron chi connectivity index (χ0n) is 12.5. The number of nitrogens with one attached hydrogen (secondary N) is 1. The number of hydrogen-bond acceptors (Lipinski definition) is 4. The average molecular weight is 298 g/mol. The first-order valence-electron chi connectivity index (χ1n) is 7.82. The molecule has 2 aliphatic carbocycles. The minimum absolute atomic E-state index is 0.402. The van der Waals surface area contributed by atoms with E-state index in [-0.39, 0.29) is 0 Å². The molecule has 120 valence electrons. The van der Waals surface area contributed by atoms with Crippen molar-refractivity contribution in [2.75, 3.05) is 0 Å². The molecule has 0 heterocycles. The summed E-state index contributed by atoms with van der Waals surface area (Å²) in [5, 5.41) is 21.5. The van der Waals surface area contributed by atoms with E-state index < -0.39 is 36.5 Å². The van der Waals surface area contributed by atoms with Gasteiger partial charge < -0.3 is 21.3 Å². The lowest BCUT2D eigenvalue weighted by Gasteiger charge is -2.28. The van der Waals surface area contributed by atoms with E-state index in [0.29, 0.717) is 12.3 Å². The van der Waals surface area contributed by atoms with Gasteiger partial charge in [-0.15, -0.1) is 0 Å². The SMILES string of the molecule is CC(NC(=O)[C@@H](N)CC(=O)O)C(O)CC1CC2CCC1C2. The van der Waals surface area contributed by atoms with Gasteiger partial charge in [0.15, 0.2) is 0 Å². The maximum atomic E-state index is 11.7. The highest BCUT2D eigenvalue weighted by atomic mass is 16.4. The Morgan fingerprint density at radius 1 is 1.33 bits per heavy atom. The van der Waals surface area contributed by atoms with Gasteiger partial charge in [0.25, 0.3) is 0 Å². The van der Waals surface area contributed by atoms with Crippen LogP contribution in [0, 0.1) is 17.8 Å². The van der Waals surface area contributed by atoms with Crippen molar-refractivity contribution in [2.45, 2.75) is 63.6 Å². The van der Waals surface area contributed by atoms with Crippen LogP contribution in [0.15, 0.2) is 0 Å². The van der Waals surface area contributed by atoms with Crippen LogP contribution < -0.4 is 11.1 Å². The topological polar surface area (TPSA) is 113 Å². The highest BCUT2D eigenvalue weighted by Gasteiger charge is 2.40. The number of carboxylic acids is 1. The molecule has 2 bridgehead atoms. The first-order chi connectivity index (χ1) is 9.86. The molecule has 6 heteroatoms. The third-order valence-corrected chi connectivity index (χ3v) is 5.11. The molecule has 6 atom stereocenters. The van der Waals surface area contributed by atoms with Crippen molar-refractivity contribution in [3.05, 3.63) is 0 Å². The largest absolute Gasteiger partial charge is 0.481 e. The summed E-state index contributed by atoms with van der Waals surface area (Å²) in [6.45, 7) is 1.74. The van der Waals surface area contributed by atoms with Crippen LogP contribution in [-0.4, -0.2) is 40.3 Å². The van der Waals surface area contributed by atoms with E-state index in [1.165, 1.54) is 25.7 Å². The quantitative estimate of drug-likeness (QED) is 0.546. The molecule has 0 aromatic carbocycles. The summed E-state index contributed by atoms with van der Waals surface area (Å²) in [6.07, 6.45) is 4.79. The molecule has 5 N–H and O–H groups in total. The van der Waals surface area contributed by atoms with Gasteiger partial charge in [0.2, 0.25) is 5.91 Å². The van der Waals surface area contributed by atoms with Crippen LogP contribution in [0.3, 0.4) is 0 Å². The van der Waals surface area contributed by atoms with Gasteiger partial charge in [-0.2, -0.15) is 0 Å². The van der Waals surface area contributed by atoms with Crippen LogP contribution in [0.4, 0.5) is 0 Å². The summed E-state index contributed by atoms with van der Waals surface area (Å²) < 4.78 is 0. The molecule has 5 unspecified atom stereocenters. The first-order valence-corrected chi connectivity index (χ1v) is 7.82. The minimum Gasteiger partial charge on any atom is -0.481 e. The summed E-state index contributed by atoms with van der Waals surface area (Å²) in [6, 6.07) is -1.48. The minimum atomic E-state index is -1.10. The molecule has 1 amide bonds. The molecular weight excluding hydrogens is 272 g/mol. The average Bonchev–Trinajstić information content (AvgIpc) is 2.99. The monoisotopic (exact) mass is 298 g/mol. The number of nitrogens with two attached hydrogens (primary N) is 1. The molecule has 21 heavy (non-hydrogen) atoms. The Kier molecular flexibility index (Phi) is 5.22. The van der Waals surface area contributed by atoms with Crippen molar-refractivity contribution in [3.8, 4) is 0 Å². The van der Waals surface area contributed by atoms with Gasteiger partial charge in [-0.1, -0.05) is 6.42 Å². The molecule has 6 nitrogen and oxygen atoms in total. The predicted octanol–water partition coefficient (Wildman–Crippen LogP) is 0.480. The number of fused-ring (bicyclic) bond motifs is 2. The molecule has 2 saturated carbocycles. The predicted molar refractivity (Wildman–Crippen MR) is 77.4 cm³/mol. The van der Waals surface area contributed by atoms with Crippen molar-refractivity contribution in [1.29, 1.82) is 0 Å². The number of hydrogen-bond donors (Lipinski definition) is 4. The molecule has 2 fully saturated rings. The van der Waals surface area contributed by atoms with Gasteiger partial charge in [-0.3, -0.25) is 9.59 Å². The Balaban J connectivity index is 1.75. The molecule has 0 aromatic rings. The van der Waals surface area contributed by atoms with E-state index in [1.54, 1.807) is 6.92 Å². The lowest BCUT2D eigenvalue weighted by Crippen LogP contribution is -2.49. The fourth-order valence-corrected chi connectivity index (χ4v) is 3.89. The molecular formula is C15H26N2O4. The number of aliphatic hydroxyl groups excluding tert-OH is 1. The first kappa shape index (κ1) is 16.2. The zero-order valence-corrected chi connectivity index (χ0v) is 12.5. The Morgan fingerprint density at radius 2 is 2.05 bits per heavy atom. The van der Waals surface area contributed by atoms with Gasteiger partial charge in [0.05, 0.1) is 24.6 Å². The van der Waals surface area contributed by atoms with E-state index in [2.05, 4.69) is 5.32 Å². The second kappa shape index (κ2) is 6.75. The number of aliphatic hydroxyl groups is 1. The highest BCUT2D eigenvalue weighted by Crippen LogP contribution is 2.49. The third kappa shape index (κ3) is 4.17. The van der Waals surface area contributed by atoms with Gasteiger partial charge in [0.1, 0.15) is 0 Å². The Bertz CT molecular complexity index is 401. The molecule has 2 aliphatic rings. The van der Waals surface area contributed by atoms with Crippen molar-refractivity contribution in [3.63, 3.8) is 0 Å². The number of amides is 1. The molecule has 0 radical (unpaired) electrons. The van der Waals surface area contributed by atoms with Gasteiger partial charge in [-0.05, 0) is 50.4 Å². The van der Waals surface area contributed by atoms with Crippen molar-refractivity contribution < 1.29 is 19.8 Å².